The van der Waals surface area contributed by atoms with Gasteiger partial charge in [0.1, 0.15) is 0 Å². The second kappa shape index (κ2) is 6.89. The van der Waals surface area contributed by atoms with Gasteiger partial charge in [-0.2, -0.15) is 0 Å². The minimum Gasteiger partial charge on any atom is -0.466 e. The van der Waals surface area contributed by atoms with E-state index in [1.54, 1.807) is 0 Å². The summed E-state index contributed by atoms with van der Waals surface area (Å²) in [4.78, 5) is 11.1. The first-order valence-electron chi connectivity index (χ1n) is 5.26. The highest BCUT2D eigenvalue weighted by molar-refractivity contribution is 5.69. The van der Waals surface area contributed by atoms with Gasteiger partial charge in [0.25, 0.3) is 0 Å². The predicted octanol–water partition coefficient (Wildman–Crippen LogP) is 1.47. The van der Waals surface area contributed by atoms with Gasteiger partial charge in [-0.3, -0.25) is 4.79 Å². The van der Waals surface area contributed by atoms with Gasteiger partial charge in [-0.1, -0.05) is 12.8 Å². The van der Waals surface area contributed by atoms with Crippen molar-refractivity contribution in [3.63, 3.8) is 0 Å². The maximum Gasteiger partial charge on any atom is 0.305 e. The lowest BCUT2D eigenvalue weighted by Crippen LogP contribution is -2.19. The fraction of sp³-hybridized carbons (Fsp3) is 0.900. The van der Waals surface area contributed by atoms with Crippen LogP contribution in [-0.4, -0.2) is 25.7 Å². The lowest BCUT2D eigenvalue weighted by molar-refractivity contribution is -0.143. The third-order valence-electron chi connectivity index (χ3n) is 2.25. The van der Waals surface area contributed by atoms with Crippen LogP contribution in [0.3, 0.4) is 0 Å². The smallest absolute Gasteiger partial charge is 0.305 e. The summed E-state index contributed by atoms with van der Waals surface area (Å²) >= 11 is 0. The number of esters is 1. The van der Waals surface area contributed by atoms with E-state index in [1.165, 1.54) is 12.8 Å². The number of rotatable bonds is 0. The number of carbonyl (C=O) groups excluding carboxylic acids is 1. The fourth-order valence-corrected chi connectivity index (χ4v) is 1.45. The maximum atomic E-state index is 11.1. The third-order valence-corrected chi connectivity index (χ3v) is 2.25. The van der Waals surface area contributed by atoms with Crippen molar-refractivity contribution in [1.29, 1.82) is 0 Å². The number of carbonyl (C=O) groups is 1. The molecule has 0 aliphatic carbocycles. The van der Waals surface area contributed by atoms with Gasteiger partial charge in [0, 0.05) is 6.42 Å². The molecule has 1 fully saturated rings. The molecule has 1 N–H and O–H groups in total. The first-order chi connectivity index (χ1) is 6.39. The van der Waals surface area contributed by atoms with Gasteiger partial charge in [0.05, 0.1) is 6.61 Å². The Morgan fingerprint density at radius 2 is 1.77 bits per heavy atom. The fourth-order valence-electron chi connectivity index (χ4n) is 1.45. The van der Waals surface area contributed by atoms with Crippen molar-refractivity contribution in [2.45, 2.75) is 38.5 Å². The Hall–Kier alpha value is -0.570. The standard InChI is InChI=1S/C10H19NO2/c12-10-6-3-1-2-4-7-11-8-5-9-13-10/h11H,1-9H2. The topological polar surface area (TPSA) is 38.3 Å². The molecule has 1 aliphatic rings. The highest BCUT2D eigenvalue weighted by Gasteiger charge is 2.03. The Kier molecular flexibility index (Phi) is 5.57. The Morgan fingerprint density at radius 1 is 1.00 bits per heavy atom. The molecule has 0 aromatic heterocycles. The largest absolute Gasteiger partial charge is 0.466 e. The summed E-state index contributed by atoms with van der Waals surface area (Å²) in [5, 5.41) is 3.33. The Balaban J connectivity index is 2.14. The number of hydrogen-bond donors (Lipinski definition) is 1. The van der Waals surface area contributed by atoms with E-state index in [1.807, 2.05) is 0 Å². The van der Waals surface area contributed by atoms with Crippen molar-refractivity contribution < 1.29 is 9.53 Å². The molecule has 0 radical (unpaired) electrons. The summed E-state index contributed by atoms with van der Waals surface area (Å²) in [6.45, 7) is 2.65. The van der Waals surface area contributed by atoms with Gasteiger partial charge in [-0.05, 0) is 32.4 Å². The molecule has 1 heterocycles. The molecule has 0 saturated carbocycles. The quantitative estimate of drug-likeness (QED) is 0.581. The Labute approximate surface area is 79.8 Å². The lowest BCUT2D eigenvalue weighted by Gasteiger charge is -2.08. The SMILES string of the molecule is O=C1CCCCCCNCCCO1. The summed E-state index contributed by atoms with van der Waals surface area (Å²) in [6.07, 6.45) is 6.13. The van der Waals surface area contributed by atoms with Crippen LogP contribution in [0.5, 0.6) is 0 Å². The summed E-state index contributed by atoms with van der Waals surface area (Å²) in [7, 11) is 0. The highest BCUT2D eigenvalue weighted by atomic mass is 16.5. The molecule has 0 atom stereocenters. The lowest BCUT2D eigenvalue weighted by atomic mass is 10.1. The van der Waals surface area contributed by atoms with E-state index in [9.17, 15) is 4.79 Å². The minimum absolute atomic E-state index is 0.0272. The van der Waals surface area contributed by atoms with Crippen LogP contribution >= 0.6 is 0 Å². The first kappa shape index (κ1) is 10.5. The van der Waals surface area contributed by atoms with Crippen LogP contribution in [0.4, 0.5) is 0 Å². The summed E-state index contributed by atoms with van der Waals surface area (Å²) < 4.78 is 5.04. The van der Waals surface area contributed by atoms with Crippen LogP contribution in [0.15, 0.2) is 0 Å². The molecule has 0 amide bonds. The Morgan fingerprint density at radius 3 is 2.69 bits per heavy atom. The monoisotopic (exact) mass is 185 g/mol. The van der Waals surface area contributed by atoms with Crippen LogP contribution in [0.1, 0.15) is 38.5 Å². The van der Waals surface area contributed by atoms with Crippen molar-refractivity contribution in [2.24, 2.45) is 0 Å². The molecule has 0 bridgehead atoms. The molecule has 0 unspecified atom stereocenters. The number of ether oxygens (including phenoxy) is 1. The highest BCUT2D eigenvalue weighted by Crippen LogP contribution is 2.04. The van der Waals surface area contributed by atoms with Crippen molar-refractivity contribution >= 4 is 5.97 Å². The summed E-state index contributed by atoms with van der Waals surface area (Å²) in [5.74, 6) is -0.0272. The molecule has 13 heavy (non-hydrogen) atoms. The minimum atomic E-state index is -0.0272. The maximum absolute atomic E-state index is 11.1. The third kappa shape index (κ3) is 5.64. The van der Waals surface area contributed by atoms with E-state index in [-0.39, 0.29) is 5.97 Å². The van der Waals surface area contributed by atoms with E-state index in [4.69, 9.17) is 4.74 Å². The van der Waals surface area contributed by atoms with Crippen molar-refractivity contribution in [1.82, 2.24) is 5.32 Å². The summed E-state index contributed by atoms with van der Waals surface area (Å²) in [6, 6.07) is 0. The molecule has 0 spiro atoms. The van der Waals surface area contributed by atoms with E-state index in [2.05, 4.69) is 5.32 Å². The first-order valence-corrected chi connectivity index (χ1v) is 5.26. The van der Waals surface area contributed by atoms with Gasteiger partial charge in [0.15, 0.2) is 0 Å². The molecule has 3 nitrogen and oxygen atoms in total. The number of cyclic esters (lactones) is 1. The van der Waals surface area contributed by atoms with Gasteiger partial charge in [0.2, 0.25) is 0 Å². The average Bonchev–Trinajstić information content (AvgIpc) is 2.11. The van der Waals surface area contributed by atoms with E-state index < -0.39 is 0 Å². The van der Waals surface area contributed by atoms with Crippen LogP contribution in [0, 0.1) is 0 Å². The zero-order valence-electron chi connectivity index (χ0n) is 8.18. The van der Waals surface area contributed by atoms with Crippen LogP contribution in [0.2, 0.25) is 0 Å². The van der Waals surface area contributed by atoms with Crippen LogP contribution < -0.4 is 5.32 Å². The molecule has 1 saturated heterocycles. The van der Waals surface area contributed by atoms with E-state index >= 15 is 0 Å². The van der Waals surface area contributed by atoms with Crippen molar-refractivity contribution in [3.05, 3.63) is 0 Å². The van der Waals surface area contributed by atoms with Gasteiger partial charge < -0.3 is 10.1 Å². The molecule has 1 aliphatic heterocycles. The van der Waals surface area contributed by atoms with E-state index in [0.29, 0.717) is 13.0 Å². The average molecular weight is 185 g/mol. The van der Waals surface area contributed by atoms with Gasteiger partial charge >= 0.3 is 5.97 Å². The molecular formula is C10H19NO2. The molecular weight excluding hydrogens is 166 g/mol. The van der Waals surface area contributed by atoms with Crippen molar-refractivity contribution in [2.75, 3.05) is 19.7 Å². The van der Waals surface area contributed by atoms with Gasteiger partial charge in [-0.15, -0.1) is 0 Å². The second-order valence-corrected chi connectivity index (χ2v) is 3.49. The van der Waals surface area contributed by atoms with Crippen molar-refractivity contribution in [3.8, 4) is 0 Å². The van der Waals surface area contributed by atoms with Crippen LogP contribution in [-0.2, 0) is 9.53 Å². The summed E-state index contributed by atoms with van der Waals surface area (Å²) in [5.41, 5.74) is 0. The molecule has 76 valence electrons. The second-order valence-electron chi connectivity index (χ2n) is 3.49. The predicted molar refractivity (Wildman–Crippen MR) is 51.5 cm³/mol. The van der Waals surface area contributed by atoms with Crippen LogP contribution in [0.25, 0.3) is 0 Å². The molecule has 3 heteroatoms. The zero-order chi connectivity index (χ0) is 9.36. The molecule has 0 aromatic carbocycles. The number of hydrogen-bond acceptors (Lipinski definition) is 3. The van der Waals surface area contributed by atoms with Gasteiger partial charge in [-0.25, -0.2) is 0 Å². The zero-order valence-corrected chi connectivity index (χ0v) is 8.18. The molecule has 1 rings (SSSR count). The van der Waals surface area contributed by atoms with E-state index in [0.717, 1.165) is 32.4 Å². The normalized spacial score (nSPS) is 22.6. The Bertz CT molecular complexity index is 134. The molecule has 0 aromatic rings. The number of nitrogens with one attached hydrogen (secondary N) is 1.